The van der Waals surface area contributed by atoms with Crippen LogP contribution in [0.4, 0.5) is 5.69 Å². The summed E-state index contributed by atoms with van der Waals surface area (Å²) in [6.45, 7) is -0.202. The molecule has 0 spiro atoms. The number of aliphatic hydroxyl groups is 1. The number of methoxy groups -OCH3 is 1. The number of sulfonamides is 1. The lowest BCUT2D eigenvalue weighted by Crippen LogP contribution is -2.38. The summed E-state index contributed by atoms with van der Waals surface area (Å²) in [5.74, 6) is -0.622. The topological polar surface area (TPSA) is 139 Å². The van der Waals surface area contributed by atoms with Gasteiger partial charge >= 0.3 is 5.69 Å². The quantitative estimate of drug-likeness (QED) is 0.451. The number of benzene rings is 1. The molecule has 0 aromatic heterocycles. The molecule has 0 radical (unpaired) electrons. The van der Waals surface area contributed by atoms with E-state index in [1.165, 1.54) is 7.11 Å². The Balaban J connectivity index is 3.07. The van der Waals surface area contributed by atoms with Crippen molar-refractivity contribution in [3.63, 3.8) is 0 Å². The molecule has 10 heteroatoms. The predicted molar refractivity (Wildman–Crippen MR) is 72.4 cm³/mol. The van der Waals surface area contributed by atoms with E-state index >= 15 is 0 Å². The summed E-state index contributed by atoms with van der Waals surface area (Å²) in [6.07, 6.45) is 0.132. The van der Waals surface area contributed by atoms with Crippen molar-refractivity contribution < 1.29 is 28.3 Å². The minimum atomic E-state index is -4.03. The molecule has 1 aromatic carbocycles. The number of nitrogens with zero attached hydrogens (tertiary/aromatic N) is 1. The summed E-state index contributed by atoms with van der Waals surface area (Å²) in [4.78, 5) is 9.47. The van der Waals surface area contributed by atoms with Crippen LogP contribution in [0.3, 0.4) is 0 Å². The summed E-state index contributed by atoms with van der Waals surface area (Å²) < 4.78 is 31.4. The van der Waals surface area contributed by atoms with E-state index in [4.69, 9.17) is 9.84 Å². The number of ether oxygens (including phenoxy) is 1. The summed E-state index contributed by atoms with van der Waals surface area (Å²) >= 11 is 0. The van der Waals surface area contributed by atoms with Gasteiger partial charge in [0.15, 0.2) is 5.75 Å². The maximum Gasteiger partial charge on any atom is 0.312 e. The first kappa shape index (κ1) is 17.3. The summed E-state index contributed by atoms with van der Waals surface area (Å²) in [5.41, 5.74) is -0.705. The number of nitrogens with one attached hydrogen (secondary N) is 1. The molecule has 1 unspecified atom stereocenters. The van der Waals surface area contributed by atoms with Gasteiger partial charge in [-0.3, -0.25) is 10.1 Å². The number of hydrogen-bond acceptors (Lipinski definition) is 7. The lowest BCUT2D eigenvalue weighted by Gasteiger charge is -2.16. The van der Waals surface area contributed by atoms with Crippen LogP contribution in [0, 0.1) is 10.1 Å². The Kier molecular flexibility index (Phi) is 6.03. The highest BCUT2D eigenvalue weighted by molar-refractivity contribution is 7.89. The van der Waals surface area contributed by atoms with Crippen molar-refractivity contribution in [2.45, 2.75) is 17.4 Å². The smallest absolute Gasteiger partial charge is 0.312 e. The number of aromatic hydroxyl groups is 1. The lowest BCUT2D eigenvalue weighted by molar-refractivity contribution is -0.386. The lowest BCUT2D eigenvalue weighted by atomic mass is 10.2. The molecule has 0 fully saturated rings. The summed E-state index contributed by atoms with van der Waals surface area (Å²) in [7, 11) is -2.65. The van der Waals surface area contributed by atoms with E-state index in [0.717, 1.165) is 18.2 Å². The van der Waals surface area contributed by atoms with E-state index in [9.17, 15) is 23.6 Å². The van der Waals surface area contributed by atoms with Crippen LogP contribution in [-0.4, -0.2) is 49.9 Å². The SMILES string of the molecule is COCC(CCO)NS(=O)(=O)c1ccc(O)c([N+](=O)[O-])c1. The molecule has 0 aliphatic rings. The third-order valence-electron chi connectivity index (χ3n) is 2.62. The van der Waals surface area contributed by atoms with Gasteiger partial charge in [0.25, 0.3) is 0 Å². The van der Waals surface area contributed by atoms with Crippen molar-refractivity contribution in [2.24, 2.45) is 0 Å². The number of hydrogen-bond donors (Lipinski definition) is 3. The molecule has 0 aliphatic carbocycles. The molecule has 0 aliphatic heterocycles. The molecule has 1 rings (SSSR count). The van der Waals surface area contributed by atoms with E-state index in [2.05, 4.69) is 4.72 Å². The molecule has 1 atom stereocenters. The van der Waals surface area contributed by atoms with Crippen molar-refractivity contribution in [3.8, 4) is 5.75 Å². The van der Waals surface area contributed by atoms with Crippen LogP contribution in [0.5, 0.6) is 5.75 Å². The zero-order valence-electron chi connectivity index (χ0n) is 11.2. The van der Waals surface area contributed by atoms with Gasteiger partial charge in [0.1, 0.15) is 0 Å². The van der Waals surface area contributed by atoms with E-state index < -0.39 is 32.4 Å². The fourth-order valence-electron chi connectivity index (χ4n) is 1.64. The molecule has 9 nitrogen and oxygen atoms in total. The minimum Gasteiger partial charge on any atom is -0.502 e. The normalized spacial score (nSPS) is 13.0. The van der Waals surface area contributed by atoms with Gasteiger partial charge in [-0.05, 0) is 18.6 Å². The largest absolute Gasteiger partial charge is 0.502 e. The van der Waals surface area contributed by atoms with Crippen molar-refractivity contribution >= 4 is 15.7 Å². The number of phenolic OH excluding ortho intramolecular Hbond substituents is 1. The highest BCUT2D eigenvalue weighted by atomic mass is 32.2. The third-order valence-corrected chi connectivity index (χ3v) is 4.14. The van der Waals surface area contributed by atoms with Crippen molar-refractivity contribution in [1.82, 2.24) is 4.72 Å². The third kappa shape index (κ3) is 4.63. The van der Waals surface area contributed by atoms with Gasteiger partial charge < -0.3 is 14.9 Å². The average Bonchev–Trinajstić information content (AvgIpc) is 2.38. The summed E-state index contributed by atoms with van der Waals surface area (Å²) in [6, 6.07) is 2.08. The first-order chi connectivity index (χ1) is 9.81. The number of nitro benzene ring substituents is 1. The highest BCUT2D eigenvalue weighted by Crippen LogP contribution is 2.28. The Morgan fingerprint density at radius 1 is 1.48 bits per heavy atom. The van der Waals surface area contributed by atoms with E-state index in [0.29, 0.717) is 0 Å². The maximum absolute atomic E-state index is 12.1. The Morgan fingerprint density at radius 2 is 2.14 bits per heavy atom. The molecular formula is C11H16N2O7S. The van der Waals surface area contributed by atoms with E-state index in [1.807, 2.05) is 0 Å². The maximum atomic E-state index is 12.1. The standard InChI is InChI=1S/C11H16N2O7S/c1-20-7-8(4-5-14)12-21(18,19)9-2-3-11(15)10(6-9)13(16)17/h2-3,6,8,12,14-15H,4-5,7H2,1H3. The number of nitro groups is 1. The second kappa shape index (κ2) is 7.31. The van der Waals surface area contributed by atoms with Gasteiger partial charge in [-0.25, -0.2) is 13.1 Å². The van der Waals surface area contributed by atoms with Crippen LogP contribution in [0.1, 0.15) is 6.42 Å². The van der Waals surface area contributed by atoms with Crippen LogP contribution in [0.15, 0.2) is 23.1 Å². The zero-order valence-corrected chi connectivity index (χ0v) is 12.0. The van der Waals surface area contributed by atoms with Crippen LogP contribution < -0.4 is 4.72 Å². The van der Waals surface area contributed by atoms with Gasteiger partial charge in [-0.15, -0.1) is 0 Å². The molecule has 0 saturated carbocycles. The number of aliphatic hydroxyl groups excluding tert-OH is 1. The van der Waals surface area contributed by atoms with Gasteiger partial charge in [0, 0.05) is 25.8 Å². The summed E-state index contributed by atoms with van der Waals surface area (Å²) in [5, 5.41) is 28.9. The van der Waals surface area contributed by atoms with E-state index in [-0.39, 0.29) is 24.5 Å². The second-order valence-corrected chi connectivity index (χ2v) is 5.91. The molecule has 3 N–H and O–H groups in total. The van der Waals surface area contributed by atoms with Crippen LogP contribution in [0.25, 0.3) is 0 Å². The number of phenols is 1. The van der Waals surface area contributed by atoms with E-state index in [1.54, 1.807) is 0 Å². The fourth-order valence-corrected chi connectivity index (χ4v) is 2.91. The Hall–Kier alpha value is -1.75. The first-order valence-electron chi connectivity index (χ1n) is 5.91. The van der Waals surface area contributed by atoms with Crippen LogP contribution in [0.2, 0.25) is 0 Å². The molecular weight excluding hydrogens is 304 g/mol. The molecule has 0 saturated heterocycles. The van der Waals surface area contributed by atoms with Gasteiger partial charge in [-0.1, -0.05) is 0 Å². The average molecular weight is 320 g/mol. The Morgan fingerprint density at radius 3 is 2.67 bits per heavy atom. The Bertz CT molecular complexity index is 597. The van der Waals surface area contributed by atoms with Gasteiger partial charge in [0.2, 0.25) is 10.0 Å². The molecule has 0 heterocycles. The molecule has 118 valence electrons. The molecule has 0 amide bonds. The Labute approximate surface area is 121 Å². The molecule has 21 heavy (non-hydrogen) atoms. The van der Waals surface area contributed by atoms with Gasteiger partial charge in [-0.2, -0.15) is 0 Å². The van der Waals surface area contributed by atoms with Crippen LogP contribution >= 0.6 is 0 Å². The predicted octanol–water partition coefficient (Wildman–Crippen LogP) is -0.0239. The zero-order chi connectivity index (χ0) is 16.0. The first-order valence-corrected chi connectivity index (χ1v) is 7.39. The van der Waals surface area contributed by atoms with Crippen molar-refractivity contribution in [2.75, 3.05) is 20.3 Å². The second-order valence-electron chi connectivity index (χ2n) is 4.19. The number of rotatable bonds is 8. The fraction of sp³-hybridized carbons (Fsp3) is 0.455. The van der Waals surface area contributed by atoms with Crippen molar-refractivity contribution in [3.05, 3.63) is 28.3 Å². The highest BCUT2D eigenvalue weighted by Gasteiger charge is 2.23. The molecule has 0 bridgehead atoms. The minimum absolute atomic E-state index is 0.0416. The monoisotopic (exact) mass is 320 g/mol. The van der Waals surface area contributed by atoms with Gasteiger partial charge in [0.05, 0.1) is 16.4 Å². The van der Waals surface area contributed by atoms with Crippen molar-refractivity contribution in [1.29, 1.82) is 0 Å². The van der Waals surface area contributed by atoms with Crippen LogP contribution in [-0.2, 0) is 14.8 Å². The molecule has 1 aromatic rings.